The maximum Gasteiger partial charge on any atom is 0.231 e. The van der Waals surface area contributed by atoms with Gasteiger partial charge in [0.25, 0.3) is 0 Å². The molecule has 104 valence electrons. The fourth-order valence-corrected chi connectivity index (χ4v) is 2.78. The molecule has 1 heterocycles. The molecule has 19 heavy (non-hydrogen) atoms. The number of anilines is 1. The number of aryl methyl sites for hydroxylation is 1. The molecule has 0 aromatic carbocycles. The smallest absolute Gasteiger partial charge is 0.231 e. The third kappa shape index (κ3) is 3.13. The van der Waals surface area contributed by atoms with Crippen molar-refractivity contribution in [3.05, 3.63) is 24.0 Å². The highest BCUT2D eigenvalue weighted by atomic mass is 16.2. The van der Waals surface area contributed by atoms with Crippen molar-refractivity contribution >= 4 is 11.6 Å². The first-order valence-electron chi connectivity index (χ1n) is 7.10. The van der Waals surface area contributed by atoms with Gasteiger partial charge in [-0.25, -0.2) is 0 Å². The number of nitrogens with zero attached hydrogens (tertiary/aromatic N) is 1. The minimum atomic E-state index is -0.390. The van der Waals surface area contributed by atoms with E-state index >= 15 is 0 Å². The number of nitrogens with two attached hydrogens (primary N) is 1. The summed E-state index contributed by atoms with van der Waals surface area (Å²) in [7, 11) is 0. The highest BCUT2D eigenvalue weighted by Crippen LogP contribution is 2.35. The van der Waals surface area contributed by atoms with Crippen molar-refractivity contribution in [2.45, 2.75) is 45.4 Å². The number of amides is 1. The van der Waals surface area contributed by atoms with Gasteiger partial charge in [-0.05, 0) is 31.4 Å². The Morgan fingerprint density at radius 3 is 2.63 bits per heavy atom. The van der Waals surface area contributed by atoms with Crippen LogP contribution >= 0.6 is 0 Å². The normalized spacial score (nSPS) is 18.6. The molecule has 0 saturated heterocycles. The molecule has 4 heteroatoms. The summed E-state index contributed by atoms with van der Waals surface area (Å²) < 4.78 is 0. The molecule has 0 bridgehead atoms. The zero-order chi connectivity index (χ0) is 13.7. The second kappa shape index (κ2) is 6.15. The largest absolute Gasteiger partial charge is 0.329 e. The van der Waals surface area contributed by atoms with Gasteiger partial charge in [-0.2, -0.15) is 0 Å². The van der Waals surface area contributed by atoms with Crippen LogP contribution in [0.15, 0.2) is 18.5 Å². The first-order valence-corrected chi connectivity index (χ1v) is 7.10. The number of aromatic nitrogens is 1. The summed E-state index contributed by atoms with van der Waals surface area (Å²) in [4.78, 5) is 16.7. The van der Waals surface area contributed by atoms with Gasteiger partial charge in [-0.15, -0.1) is 0 Å². The number of pyridine rings is 1. The van der Waals surface area contributed by atoms with E-state index in [9.17, 15) is 4.79 Å². The molecule has 1 fully saturated rings. The average Bonchev–Trinajstić information content (AvgIpc) is 2.67. The molecule has 1 saturated carbocycles. The maximum atomic E-state index is 12.6. The molecule has 1 aromatic heterocycles. The van der Waals surface area contributed by atoms with E-state index in [0.717, 1.165) is 36.9 Å². The van der Waals surface area contributed by atoms with E-state index < -0.39 is 5.41 Å². The molecule has 0 aliphatic heterocycles. The summed E-state index contributed by atoms with van der Waals surface area (Å²) in [5, 5.41) is 3.02. The minimum absolute atomic E-state index is 0.0630. The molecule has 4 nitrogen and oxygen atoms in total. The van der Waals surface area contributed by atoms with Crippen LogP contribution in [0.2, 0.25) is 0 Å². The molecule has 2 rings (SSSR count). The molecule has 0 radical (unpaired) electrons. The van der Waals surface area contributed by atoms with E-state index in [1.807, 2.05) is 13.0 Å². The quantitative estimate of drug-likeness (QED) is 0.822. The lowest BCUT2D eigenvalue weighted by Gasteiger charge is -2.30. The molecular weight excluding hydrogens is 238 g/mol. The molecule has 1 amide bonds. The van der Waals surface area contributed by atoms with Crippen molar-refractivity contribution in [3.63, 3.8) is 0 Å². The van der Waals surface area contributed by atoms with Crippen LogP contribution in [-0.2, 0) is 4.79 Å². The summed E-state index contributed by atoms with van der Waals surface area (Å²) in [6.45, 7) is 2.40. The van der Waals surface area contributed by atoms with E-state index in [-0.39, 0.29) is 5.91 Å². The molecule has 1 aliphatic rings. The molecular formula is C15H23N3O. The number of rotatable bonds is 3. The number of hydrogen-bond acceptors (Lipinski definition) is 3. The van der Waals surface area contributed by atoms with Gasteiger partial charge in [0.2, 0.25) is 5.91 Å². The van der Waals surface area contributed by atoms with Gasteiger partial charge in [0.1, 0.15) is 0 Å². The van der Waals surface area contributed by atoms with Gasteiger partial charge < -0.3 is 11.1 Å². The predicted molar refractivity (Wildman–Crippen MR) is 76.8 cm³/mol. The molecule has 0 atom stereocenters. The number of nitrogens with one attached hydrogen (secondary N) is 1. The molecule has 0 spiro atoms. The molecule has 3 N–H and O–H groups in total. The zero-order valence-electron chi connectivity index (χ0n) is 11.6. The first-order chi connectivity index (χ1) is 9.18. The molecule has 0 unspecified atom stereocenters. The van der Waals surface area contributed by atoms with E-state index in [0.29, 0.717) is 6.54 Å². The van der Waals surface area contributed by atoms with Crippen molar-refractivity contribution in [1.29, 1.82) is 0 Å². The van der Waals surface area contributed by atoms with Crippen molar-refractivity contribution < 1.29 is 4.79 Å². The van der Waals surface area contributed by atoms with Crippen LogP contribution in [-0.4, -0.2) is 17.4 Å². The van der Waals surface area contributed by atoms with Crippen LogP contribution in [0.25, 0.3) is 0 Å². The van der Waals surface area contributed by atoms with Crippen molar-refractivity contribution in [3.8, 4) is 0 Å². The van der Waals surface area contributed by atoms with Crippen LogP contribution < -0.4 is 11.1 Å². The predicted octanol–water partition coefficient (Wildman–Crippen LogP) is 2.63. The topological polar surface area (TPSA) is 68.0 Å². The van der Waals surface area contributed by atoms with E-state index in [4.69, 9.17) is 5.73 Å². The molecule has 1 aliphatic carbocycles. The number of carbonyl (C=O) groups excluding carboxylic acids is 1. The Bertz CT molecular complexity index is 437. The standard InChI is InChI=1S/C15H23N3O/c1-12-6-9-17-10-13(12)18-14(19)15(11-16)7-4-2-3-5-8-15/h6,9-10H,2-5,7-8,11,16H2,1H3,(H,18,19). The van der Waals surface area contributed by atoms with Crippen LogP contribution in [0.4, 0.5) is 5.69 Å². The number of carbonyl (C=O) groups is 1. The third-order valence-corrected chi connectivity index (χ3v) is 4.22. The van der Waals surface area contributed by atoms with Crippen LogP contribution in [0.5, 0.6) is 0 Å². The zero-order valence-corrected chi connectivity index (χ0v) is 11.6. The van der Waals surface area contributed by atoms with Gasteiger partial charge in [0.05, 0.1) is 17.3 Å². The molecule has 1 aromatic rings. The second-order valence-electron chi connectivity index (χ2n) is 5.54. The summed E-state index contributed by atoms with van der Waals surface area (Å²) in [6.07, 6.45) is 9.84. The Hall–Kier alpha value is -1.42. The fourth-order valence-electron chi connectivity index (χ4n) is 2.78. The van der Waals surface area contributed by atoms with Crippen LogP contribution in [0.3, 0.4) is 0 Å². The van der Waals surface area contributed by atoms with Crippen molar-refractivity contribution in [2.75, 3.05) is 11.9 Å². The lowest BCUT2D eigenvalue weighted by molar-refractivity contribution is -0.125. The van der Waals surface area contributed by atoms with E-state index in [1.54, 1.807) is 12.4 Å². The lowest BCUT2D eigenvalue weighted by atomic mass is 9.79. The third-order valence-electron chi connectivity index (χ3n) is 4.22. The number of hydrogen-bond donors (Lipinski definition) is 2. The van der Waals surface area contributed by atoms with Gasteiger partial charge in [-0.1, -0.05) is 25.7 Å². The van der Waals surface area contributed by atoms with Crippen molar-refractivity contribution in [1.82, 2.24) is 4.98 Å². The van der Waals surface area contributed by atoms with Crippen molar-refractivity contribution in [2.24, 2.45) is 11.1 Å². The summed E-state index contributed by atoms with van der Waals surface area (Å²) in [6, 6.07) is 1.90. The Kier molecular flexibility index (Phi) is 4.53. The Balaban J connectivity index is 2.14. The highest BCUT2D eigenvalue weighted by Gasteiger charge is 2.37. The average molecular weight is 261 g/mol. The van der Waals surface area contributed by atoms with Gasteiger partial charge in [0, 0.05) is 12.7 Å². The summed E-state index contributed by atoms with van der Waals surface area (Å²) in [5.41, 5.74) is 7.36. The Morgan fingerprint density at radius 2 is 2.05 bits per heavy atom. The summed E-state index contributed by atoms with van der Waals surface area (Å²) in [5.74, 6) is 0.0630. The maximum absolute atomic E-state index is 12.6. The lowest BCUT2D eigenvalue weighted by Crippen LogP contribution is -2.42. The highest BCUT2D eigenvalue weighted by molar-refractivity contribution is 5.96. The van der Waals surface area contributed by atoms with Crippen LogP contribution in [0.1, 0.15) is 44.1 Å². The fraction of sp³-hybridized carbons (Fsp3) is 0.600. The van der Waals surface area contributed by atoms with E-state index in [1.165, 1.54) is 12.8 Å². The second-order valence-corrected chi connectivity index (χ2v) is 5.54. The van der Waals surface area contributed by atoms with E-state index in [2.05, 4.69) is 10.3 Å². The Labute approximate surface area is 114 Å². The van der Waals surface area contributed by atoms with Gasteiger partial charge >= 0.3 is 0 Å². The Morgan fingerprint density at radius 1 is 1.37 bits per heavy atom. The minimum Gasteiger partial charge on any atom is -0.329 e. The monoisotopic (exact) mass is 261 g/mol. The van der Waals surface area contributed by atoms with Gasteiger partial charge in [0.15, 0.2) is 0 Å². The van der Waals surface area contributed by atoms with Crippen LogP contribution in [0, 0.1) is 12.3 Å². The van der Waals surface area contributed by atoms with Gasteiger partial charge in [-0.3, -0.25) is 9.78 Å². The summed E-state index contributed by atoms with van der Waals surface area (Å²) >= 11 is 0. The SMILES string of the molecule is Cc1ccncc1NC(=O)C1(CN)CCCCCC1. The first kappa shape index (κ1) is 14.0.